The Balaban J connectivity index is 3.15. The Labute approximate surface area is 66.0 Å². The SMILES string of the molecule is [CH]c1cc(C(N)=O)ccc1C. The molecule has 0 aliphatic heterocycles. The molecule has 0 atom stereocenters. The first-order valence-corrected chi connectivity index (χ1v) is 3.27. The van der Waals surface area contributed by atoms with Crippen molar-refractivity contribution in [3.05, 3.63) is 41.8 Å². The van der Waals surface area contributed by atoms with Crippen LogP contribution in [0.4, 0.5) is 0 Å². The molecule has 0 heterocycles. The summed E-state index contributed by atoms with van der Waals surface area (Å²) < 4.78 is 0. The molecular formula is C9H9NO. The molecule has 11 heavy (non-hydrogen) atoms. The van der Waals surface area contributed by atoms with E-state index in [0.717, 1.165) is 5.56 Å². The minimum absolute atomic E-state index is 0.448. The van der Waals surface area contributed by atoms with Crippen LogP contribution >= 0.6 is 0 Å². The summed E-state index contributed by atoms with van der Waals surface area (Å²) in [6, 6.07) is 5.02. The van der Waals surface area contributed by atoms with Gasteiger partial charge in [-0.15, -0.1) is 0 Å². The summed E-state index contributed by atoms with van der Waals surface area (Å²) in [5.74, 6) is -0.448. The van der Waals surface area contributed by atoms with Gasteiger partial charge in [0.2, 0.25) is 5.91 Å². The van der Waals surface area contributed by atoms with E-state index in [0.29, 0.717) is 11.1 Å². The van der Waals surface area contributed by atoms with Crippen molar-refractivity contribution in [2.24, 2.45) is 5.73 Å². The highest BCUT2D eigenvalue weighted by atomic mass is 16.1. The molecule has 0 aliphatic carbocycles. The van der Waals surface area contributed by atoms with E-state index >= 15 is 0 Å². The molecule has 2 N–H and O–H groups in total. The number of rotatable bonds is 1. The Kier molecular flexibility index (Phi) is 1.94. The van der Waals surface area contributed by atoms with Crippen molar-refractivity contribution in [2.45, 2.75) is 6.92 Å². The largest absolute Gasteiger partial charge is 0.366 e. The van der Waals surface area contributed by atoms with Crippen molar-refractivity contribution >= 4 is 5.91 Å². The number of carbonyl (C=O) groups excluding carboxylic acids is 1. The molecule has 0 spiro atoms. The number of nitrogens with two attached hydrogens (primary N) is 1. The van der Waals surface area contributed by atoms with Crippen LogP contribution < -0.4 is 5.73 Å². The van der Waals surface area contributed by atoms with Crippen LogP contribution in [0.25, 0.3) is 0 Å². The molecule has 0 bridgehead atoms. The Bertz CT molecular complexity index is 292. The van der Waals surface area contributed by atoms with Crippen molar-refractivity contribution in [1.29, 1.82) is 0 Å². The van der Waals surface area contributed by atoms with Gasteiger partial charge in [0.05, 0.1) is 0 Å². The van der Waals surface area contributed by atoms with Gasteiger partial charge in [-0.1, -0.05) is 6.07 Å². The molecule has 1 amide bonds. The molecule has 0 unspecified atom stereocenters. The molecule has 0 saturated carbocycles. The molecule has 2 radical (unpaired) electrons. The van der Waals surface area contributed by atoms with Gasteiger partial charge in [-0.05, 0) is 37.1 Å². The van der Waals surface area contributed by atoms with Gasteiger partial charge in [0.15, 0.2) is 0 Å². The zero-order chi connectivity index (χ0) is 8.43. The molecule has 1 aromatic rings. The van der Waals surface area contributed by atoms with Gasteiger partial charge in [0.25, 0.3) is 0 Å². The topological polar surface area (TPSA) is 43.1 Å². The quantitative estimate of drug-likeness (QED) is 0.636. The van der Waals surface area contributed by atoms with Crippen molar-refractivity contribution in [3.8, 4) is 0 Å². The second-order valence-corrected chi connectivity index (χ2v) is 2.44. The molecule has 1 aromatic carbocycles. The lowest BCUT2D eigenvalue weighted by Crippen LogP contribution is -2.10. The summed E-state index contributed by atoms with van der Waals surface area (Å²) in [6.45, 7) is 7.43. The molecule has 1 rings (SSSR count). The molecular weight excluding hydrogens is 138 g/mol. The average Bonchev–Trinajstić information content (AvgIpc) is 1.94. The lowest BCUT2D eigenvalue weighted by atomic mass is 10.1. The van der Waals surface area contributed by atoms with Crippen LogP contribution in [0.1, 0.15) is 21.5 Å². The number of hydrogen-bond donors (Lipinski definition) is 1. The van der Waals surface area contributed by atoms with E-state index in [2.05, 4.69) is 0 Å². The fourth-order valence-corrected chi connectivity index (χ4v) is 0.794. The highest BCUT2D eigenvalue weighted by Crippen LogP contribution is 2.08. The van der Waals surface area contributed by atoms with Gasteiger partial charge >= 0.3 is 0 Å². The number of amides is 1. The van der Waals surface area contributed by atoms with E-state index in [1.165, 1.54) is 0 Å². The second-order valence-electron chi connectivity index (χ2n) is 2.44. The third-order valence-electron chi connectivity index (χ3n) is 1.56. The average molecular weight is 147 g/mol. The fourth-order valence-electron chi connectivity index (χ4n) is 0.794. The summed E-state index contributed by atoms with van der Waals surface area (Å²) in [7, 11) is 0. The normalized spacial score (nSPS) is 9.64. The third-order valence-corrected chi connectivity index (χ3v) is 1.56. The maximum atomic E-state index is 10.6. The van der Waals surface area contributed by atoms with Crippen LogP contribution in [0.15, 0.2) is 18.2 Å². The molecule has 0 aliphatic rings. The lowest BCUT2D eigenvalue weighted by molar-refractivity contribution is 0.100. The van der Waals surface area contributed by atoms with E-state index in [-0.39, 0.29) is 0 Å². The Hall–Kier alpha value is -1.31. The van der Waals surface area contributed by atoms with Crippen molar-refractivity contribution in [1.82, 2.24) is 0 Å². The van der Waals surface area contributed by atoms with E-state index in [4.69, 9.17) is 12.7 Å². The number of benzene rings is 1. The Morgan fingerprint density at radius 3 is 2.64 bits per heavy atom. The van der Waals surface area contributed by atoms with Gasteiger partial charge in [-0.2, -0.15) is 0 Å². The minimum atomic E-state index is -0.448. The number of carbonyl (C=O) groups is 1. The first-order valence-electron chi connectivity index (χ1n) is 3.27. The number of aryl methyl sites for hydroxylation is 1. The van der Waals surface area contributed by atoms with Crippen LogP contribution in [-0.4, -0.2) is 5.91 Å². The van der Waals surface area contributed by atoms with E-state index in [9.17, 15) is 4.79 Å². The van der Waals surface area contributed by atoms with Crippen LogP contribution in [-0.2, 0) is 0 Å². The first kappa shape index (κ1) is 7.79. The zero-order valence-corrected chi connectivity index (χ0v) is 6.29. The van der Waals surface area contributed by atoms with Crippen LogP contribution in [0.5, 0.6) is 0 Å². The lowest BCUT2D eigenvalue weighted by Gasteiger charge is -2.00. The van der Waals surface area contributed by atoms with Crippen molar-refractivity contribution in [2.75, 3.05) is 0 Å². The summed E-state index contributed by atoms with van der Waals surface area (Å²) in [6.07, 6.45) is 0. The van der Waals surface area contributed by atoms with Gasteiger partial charge in [0, 0.05) is 5.56 Å². The zero-order valence-electron chi connectivity index (χ0n) is 6.29. The Morgan fingerprint density at radius 2 is 2.18 bits per heavy atom. The van der Waals surface area contributed by atoms with Crippen molar-refractivity contribution in [3.63, 3.8) is 0 Å². The molecule has 0 fully saturated rings. The van der Waals surface area contributed by atoms with Crippen LogP contribution in [0.2, 0.25) is 0 Å². The Morgan fingerprint density at radius 1 is 1.55 bits per heavy atom. The summed E-state index contributed by atoms with van der Waals surface area (Å²) in [5.41, 5.74) is 7.04. The molecule has 0 saturated heterocycles. The maximum absolute atomic E-state index is 10.6. The van der Waals surface area contributed by atoms with E-state index in [1.807, 2.05) is 6.92 Å². The number of hydrogen-bond acceptors (Lipinski definition) is 1. The van der Waals surface area contributed by atoms with Crippen LogP contribution in [0, 0.1) is 13.8 Å². The molecule has 2 nitrogen and oxygen atoms in total. The first-order chi connectivity index (χ1) is 5.11. The van der Waals surface area contributed by atoms with Gasteiger partial charge < -0.3 is 5.73 Å². The molecule has 2 heteroatoms. The molecule has 0 aromatic heterocycles. The fraction of sp³-hybridized carbons (Fsp3) is 0.111. The van der Waals surface area contributed by atoms with Crippen LogP contribution in [0.3, 0.4) is 0 Å². The minimum Gasteiger partial charge on any atom is -0.366 e. The maximum Gasteiger partial charge on any atom is 0.248 e. The second kappa shape index (κ2) is 2.74. The van der Waals surface area contributed by atoms with E-state index in [1.54, 1.807) is 18.2 Å². The predicted molar refractivity (Wildman–Crippen MR) is 43.1 cm³/mol. The summed E-state index contributed by atoms with van der Waals surface area (Å²) in [4.78, 5) is 10.6. The van der Waals surface area contributed by atoms with Gasteiger partial charge in [-0.25, -0.2) is 0 Å². The molecule has 56 valence electrons. The monoisotopic (exact) mass is 147 g/mol. The van der Waals surface area contributed by atoms with Crippen molar-refractivity contribution < 1.29 is 4.79 Å². The summed E-state index contributed by atoms with van der Waals surface area (Å²) >= 11 is 0. The summed E-state index contributed by atoms with van der Waals surface area (Å²) in [5, 5.41) is 0. The van der Waals surface area contributed by atoms with Gasteiger partial charge in [-0.3, -0.25) is 4.79 Å². The van der Waals surface area contributed by atoms with E-state index < -0.39 is 5.91 Å². The predicted octanol–water partition coefficient (Wildman–Crippen LogP) is 1.15. The standard InChI is InChI=1S/C9H9NO/c1-6-3-4-8(9(10)11)5-7(6)2/h2-5H,1H3,(H2,10,11). The smallest absolute Gasteiger partial charge is 0.248 e. The van der Waals surface area contributed by atoms with Gasteiger partial charge in [0.1, 0.15) is 0 Å². The highest BCUT2D eigenvalue weighted by Gasteiger charge is 2.00. The number of primary amides is 1. The third kappa shape index (κ3) is 1.58. The highest BCUT2D eigenvalue weighted by molar-refractivity contribution is 5.93.